The maximum absolute atomic E-state index is 11.7. The van der Waals surface area contributed by atoms with Crippen LogP contribution >= 0.6 is 0 Å². The molecule has 5 heteroatoms. The number of nitrogens with two attached hydrogens (primary N) is 1. The zero-order valence-corrected chi connectivity index (χ0v) is 16.1. The molecule has 0 aliphatic rings. The number of ether oxygens (including phenoxy) is 2. The molecule has 1 aromatic rings. The summed E-state index contributed by atoms with van der Waals surface area (Å²) in [4.78, 5) is 23.2. The molecule has 1 unspecified atom stereocenters. The number of hydrogen-bond donors (Lipinski definition) is 1. The summed E-state index contributed by atoms with van der Waals surface area (Å²) in [5.41, 5.74) is 5.90. The predicted molar refractivity (Wildman–Crippen MR) is 97.4 cm³/mol. The first-order valence-corrected chi connectivity index (χ1v) is 8.46. The van der Waals surface area contributed by atoms with Crippen molar-refractivity contribution in [2.45, 2.75) is 73.1 Å². The van der Waals surface area contributed by atoms with E-state index < -0.39 is 23.6 Å². The molecule has 1 rings (SSSR count). The Balaban J connectivity index is 0. The smallest absolute Gasteiger partial charge is 0.323 e. The fourth-order valence-corrected chi connectivity index (χ4v) is 1.48. The molecule has 0 saturated carbocycles. The molecule has 24 heavy (non-hydrogen) atoms. The van der Waals surface area contributed by atoms with Crippen LogP contribution in [-0.2, 0) is 25.7 Å². The minimum Gasteiger partial charge on any atom is -0.460 e. The molecule has 0 heterocycles. The molecule has 0 aliphatic carbocycles. The van der Waals surface area contributed by atoms with Crippen LogP contribution in [0.5, 0.6) is 0 Å². The second-order valence-corrected chi connectivity index (χ2v) is 5.49. The Hall–Kier alpha value is -1.88. The quantitative estimate of drug-likeness (QED) is 0.825. The molecule has 0 bridgehead atoms. The molecule has 0 fully saturated rings. The van der Waals surface area contributed by atoms with Gasteiger partial charge >= 0.3 is 11.9 Å². The molecule has 0 radical (unpaired) electrons. The Morgan fingerprint density at radius 2 is 1.54 bits per heavy atom. The normalized spacial score (nSPS) is 11.0. The van der Waals surface area contributed by atoms with E-state index in [1.807, 2.05) is 58.0 Å². The molecule has 0 spiro atoms. The third kappa shape index (κ3) is 12.6. The highest BCUT2D eigenvalue weighted by Gasteiger charge is 2.23. The number of esters is 2. The van der Waals surface area contributed by atoms with E-state index in [0.717, 1.165) is 5.56 Å². The van der Waals surface area contributed by atoms with Crippen LogP contribution in [0, 0.1) is 0 Å². The van der Waals surface area contributed by atoms with Gasteiger partial charge in [0, 0.05) is 0 Å². The zero-order chi connectivity index (χ0) is 19.2. The van der Waals surface area contributed by atoms with Gasteiger partial charge in [0.15, 0.2) is 0 Å². The molecule has 0 aromatic heterocycles. The minimum absolute atomic E-state index is 0.141. The average Bonchev–Trinajstić information content (AvgIpc) is 2.55. The Morgan fingerprint density at radius 3 is 2.00 bits per heavy atom. The van der Waals surface area contributed by atoms with E-state index in [1.54, 1.807) is 20.8 Å². The standard InChI is InChI=1S/C15H21NO4.2C2H6/c1-15(2,3)20-13(17)9-12(16)14(18)19-10-11-7-5-4-6-8-11;2*1-2/h4-8,12H,9-10,16H2,1-3H3;2*1-2H3. The summed E-state index contributed by atoms with van der Waals surface area (Å²) in [6.07, 6.45) is -0.190. The number of benzene rings is 1. The van der Waals surface area contributed by atoms with Crippen LogP contribution in [0.3, 0.4) is 0 Å². The topological polar surface area (TPSA) is 78.6 Å². The number of hydrogen-bond acceptors (Lipinski definition) is 5. The van der Waals surface area contributed by atoms with Gasteiger partial charge in [0.05, 0.1) is 6.42 Å². The maximum Gasteiger partial charge on any atom is 0.323 e. The molecule has 2 N–H and O–H groups in total. The van der Waals surface area contributed by atoms with Crippen molar-refractivity contribution < 1.29 is 19.1 Å². The molecule has 1 atom stereocenters. The molecular weight excluding hydrogens is 306 g/mol. The summed E-state index contributed by atoms with van der Waals surface area (Å²) in [5.74, 6) is -1.12. The van der Waals surface area contributed by atoms with Gasteiger partial charge in [-0.3, -0.25) is 9.59 Å². The SMILES string of the molecule is CC.CC.CC(C)(C)OC(=O)CC(N)C(=O)OCc1ccccc1. The summed E-state index contributed by atoms with van der Waals surface area (Å²) < 4.78 is 10.1. The Labute approximate surface area is 146 Å². The van der Waals surface area contributed by atoms with Crippen molar-refractivity contribution >= 4 is 11.9 Å². The van der Waals surface area contributed by atoms with Crippen molar-refractivity contribution in [2.75, 3.05) is 0 Å². The highest BCUT2D eigenvalue weighted by molar-refractivity contribution is 5.82. The predicted octanol–water partition coefficient (Wildman–Crippen LogP) is 3.84. The van der Waals surface area contributed by atoms with Gasteiger partial charge in [0.1, 0.15) is 18.2 Å². The largest absolute Gasteiger partial charge is 0.460 e. The summed E-state index contributed by atoms with van der Waals surface area (Å²) in [7, 11) is 0. The van der Waals surface area contributed by atoms with Crippen LogP contribution in [0.15, 0.2) is 30.3 Å². The Kier molecular flexibility index (Phi) is 13.8. The Morgan fingerprint density at radius 1 is 1.04 bits per heavy atom. The molecule has 5 nitrogen and oxygen atoms in total. The summed E-state index contributed by atoms with van der Waals surface area (Å²) >= 11 is 0. The van der Waals surface area contributed by atoms with Crippen LogP contribution in [0.2, 0.25) is 0 Å². The van der Waals surface area contributed by atoms with Crippen molar-refractivity contribution in [2.24, 2.45) is 5.73 Å². The van der Waals surface area contributed by atoms with E-state index in [2.05, 4.69) is 0 Å². The van der Waals surface area contributed by atoms with Crippen molar-refractivity contribution in [1.29, 1.82) is 0 Å². The van der Waals surface area contributed by atoms with Gasteiger partial charge in [-0.15, -0.1) is 0 Å². The third-order valence-electron chi connectivity index (χ3n) is 2.33. The molecule has 138 valence electrons. The lowest BCUT2D eigenvalue weighted by molar-refractivity contribution is -0.159. The van der Waals surface area contributed by atoms with Gasteiger partial charge in [0.25, 0.3) is 0 Å². The maximum atomic E-state index is 11.7. The highest BCUT2D eigenvalue weighted by Crippen LogP contribution is 2.09. The van der Waals surface area contributed by atoms with Gasteiger partial charge in [-0.25, -0.2) is 0 Å². The lowest BCUT2D eigenvalue weighted by Crippen LogP contribution is -2.36. The van der Waals surface area contributed by atoms with Crippen molar-refractivity contribution in [3.8, 4) is 0 Å². The van der Waals surface area contributed by atoms with Crippen LogP contribution in [0.25, 0.3) is 0 Å². The van der Waals surface area contributed by atoms with E-state index in [9.17, 15) is 9.59 Å². The lowest BCUT2D eigenvalue weighted by Gasteiger charge is -2.20. The summed E-state index contributed by atoms with van der Waals surface area (Å²) in [6, 6.07) is 8.25. The van der Waals surface area contributed by atoms with E-state index in [4.69, 9.17) is 15.2 Å². The average molecular weight is 339 g/mol. The van der Waals surface area contributed by atoms with Crippen LogP contribution in [0.4, 0.5) is 0 Å². The second kappa shape index (κ2) is 13.5. The summed E-state index contributed by atoms with van der Waals surface area (Å²) in [5, 5.41) is 0. The zero-order valence-electron chi connectivity index (χ0n) is 16.1. The molecule has 0 amide bonds. The fourth-order valence-electron chi connectivity index (χ4n) is 1.48. The third-order valence-corrected chi connectivity index (χ3v) is 2.33. The van der Waals surface area contributed by atoms with E-state index in [1.165, 1.54) is 0 Å². The number of carbonyl (C=O) groups is 2. The molecule has 0 aliphatic heterocycles. The lowest BCUT2D eigenvalue weighted by atomic mass is 10.2. The number of carbonyl (C=O) groups excluding carboxylic acids is 2. The molecular formula is C19H33NO4. The van der Waals surface area contributed by atoms with E-state index in [-0.39, 0.29) is 13.0 Å². The van der Waals surface area contributed by atoms with Crippen LogP contribution in [-0.4, -0.2) is 23.6 Å². The molecule has 1 aromatic carbocycles. The minimum atomic E-state index is -1.01. The van der Waals surface area contributed by atoms with Gasteiger partial charge in [0.2, 0.25) is 0 Å². The fraction of sp³-hybridized carbons (Fsp3) is 0.579. The van der Waals surface area contributed by atoms with Gasteiger partial charge in [-0.05, 0) is 26.3 Å². The van der Waals surface area contributed by atoms with Gasteiger partial charge in [-0.2, -0.15) is 0 Å². The van der Waals surface area contributed by atoms with E-state index >= 15 is 0 Å². The van der Waals surface area contributed by atoms with Crippen LogP contribution < -0.4 is 5.73 Å². The second-order valence-electron chi connectivity index (χ2n) is 5.49. The van der Waals surface area contributed by atoms with Gasteiger partial charge < -0.3 is 15.2 Å². The summed E-state index contributed by atoms with van der Waals surface area (Å²) in [6.45, 7) is 13.4. The van der Waals surface area contributed by atoms with Crippen molar-refractivity contribution in [3.63, 3.8) is 0 Å². The molecule has 0 saturated heterocycles. The monoisotopic (exact) mass is 339 g/mol. The first kappa shape index (κ1) is 24.4. The first-order valence-electron chi connectivity index (χ1n) is 8.46. The highest BCUT2D eigenvalue weighted by atomic mass is 16.6. The first-order chi connectivity index (χ1) is 11.3. The van der Waals surface area contributed by atoms with E-state index in [0.29, 0.717) is 0 Å². The van der Waals surface area contributed by atoms with Crippen LogP contribution in [0.1, 0.15) is 60.5 Å². The van der Waals surface area contributed by atoms with Gasteiger partial charge in [-0.1, -0.05) is 58.0 Å². The Bertz CT molecular complexity index is 452. The number of rotatable bonds is 5. The van der Waals surface area contributed by atoms with Crippen molar-refractivity contribution in [1.82, 2.24) is 0 Å². The van der Waals surface area contributed by atoms with Crippen molar-refractivity contribution in [3.05, 3.63) is 35.9 Å².